The Kier molecular flexibility index (Phi) is 2.82. The Labute approximate surface area is 144 Å². The van der Waals surface area contributed by atoms with E-state index in [1.54, 1.807) is 18.2 Å². The number of allylic oxidation sites excluding steroid dienone is 2. The largest absolute Gasteiger partial charge is 0.278 e. The van der Waals surface area contributed by atoms with Crippen LogP contribution in [0.25, 0.3) is 0 Å². The molecule has 0 unspecified atom stereocenters. The monoisotopic (exact) mass is 347 g/mol. The fourth-order valence-electron chi connectivity index (χ4n) is 4.99. The van der Waals surface area contributed by atoms with Gasteiger partial charge in [0.2, 0.25) is 11.8 Å². The molecule has 0 N–H and O–H groups in total. The van der Waals surface area contributed by atoms with E-state index >= 15 is 0 Å². The van der Waals surface area contributed by atoms with Crippen LogP contribution in [0.5, 0.6) is 0 Å². The summed E-state index contributed by atoms with van der Waals surface area (Å²) in [5, 5.41) is 1.05. The highest BCUT2D eigenvalue weighted by Gasteiger charge is 2.66. The first-order valence-electron chi connectivity index (χ1n) is 8.04. The summed E-state index contributed by atoms with van der Waals surface area (Å²) in [5.74, 6) is 1.45. The smallest absolute Gasteiger partial charge is 0.234 e. The van der Waals surface area contributed by atoms with E-state index in [2.05, 4.69) is 12.2 Å². The summed E-state index contributed by atoms with van der Waals surface area (Å²) >= 11 is 12.1. The van der Waals surface area contributed by atoms with Crippen molar-refractivity contribution in [2.45, 2.75) is 13.0 Å². The Morgan fingerprint density at radius 2 is 1.61 bits per heavy atom. The van der Waals surface area contributed by atoms with Gasteiger partial charge in [0.15, 0.2) is 0 Å². The predicted molar refractivity (Wildman–Crippen MR) is 86.7 cm³/mol. The van der Waals surface area contributed by atoms with E-state index in [-0.39, 0.29) is 42.0 Å². The molecule has 4 aliphatic carbocycles. The van der Waals surface area contributed by atoms with Crippen LogP contribution in [-0.2, 0) is 16.1 Å². The summed E-state index contributed by atoms with van der Waals surface area (Å²) in [7, 11) is 0. The molecule has 118 valence electrons. The van der Waals surface area contributed by atoms with E-state index in [1.165, 1.54) is 11.3 Å². The third-order valence-electron chi connectivity index (χ3n) is 6.10. The summed E-state index contributed by atoms with van der Waals surface area (Å²) in [6.07, 6.45) is 5.55. The lowest BCUT2D eigenvalue weighted by Crippen LogP contribution is -2.40. The molecule has 3 fully saturated rings. The standard InChI is InChI=1S/C18H15Cl2NO2/c19-9-2-1-8(14(20)5-9)7-21-17(22)15-10-3-4-11(13-6-12(10)13)16(15)18(21)23/h1-5,10-13,15-16H,6-7H2/t10-,11-,12-,13+,15+,16+/m0/s1. The molecule has 5 aliphatic rings. The highest BCUT2D eigenvalue weighted by molar-refractivity contribution is 6.35. The Balaban J connectivity index is 1.47. The van der Waals surface area contributed by atoms with E-state index in [9.17, 15) is 9.59 Å². The van der Waals surface area contributed by atoms with Gasteiger partial charge in [-0.3, -0.25) is 14.5 Å². The first-order valence-corrected chi connectivity index (χ1v) is 8.79. The Hall–Kier alpha value is -1.32. The fourth-order valence-corrected chi connectivity index (χ4v) is 5.46. The van der Waals surface area contributed by atoms with Gasteiger partial charge in [-0.15, -0.1) is 0 Å². The molecule has 2 saturated carbocycles. The molecule has 1 saturated heterocycles. The lowest BCUT2D eigenvalue weighted by molar-refractivity contribution is -0.140. The van der Waals surface area contributed by atoms with Crippen molar-refractivity contribution in [3.8, 4) is 0 Å². The summed E-state index contributed by atoms with van der Waals surface area (Å²) < 4.78 is 0. The van der Waals surface area contributed by atoms with Crippen molar-refractivity contribution in [3.63, 3.8) is 0 Å². The van der Waals surface area contributed by atoms with Crippen molar-refractivity contribution in [1.29, 1.82) is 0 Å². The molecule has 2 bridgehead atoms. The van der Waals surface area contributed by atoms with Crippen molar-refractivity contribution in [2.24, 2.45) is 35.5 Å². The molecule has 1 heterocycles. The molecule has 2 amide bonds. The molecule has 6 atom stereocenters. The van der Waals surface area contributed by atoms with Crippen LogP contribution in [0.15, 0.2) is 30.4 Å². The topological polar surface area (TPSA) is 37.4 Å². The van der Waals surface area contributed by atoms with Gasteiger partial charge in [0, 0.05) is 10.0 Å². The first-order chi connectivity index (χ1) is 11.1. The Bertz CT molecular complexity index is 738. The number of benzene rings is 1. The van der Waals surface area contributed by atoms with Crippen LogP contribution in [-0.4, -0.2) is 16.7 Å². The summed E-state index contributed by atoms with van der Waals surface area (Å²) in [6.45, 7) is 0.245. The Morgan fingerprint density at radius 3 is 2.17 bits per heavy atom. The maximum absolute atomic E-state index is 12.9. The average molecular weight is 348 g/mol. The highest BCUT2D eigenvalue weighted by atomic mass is 35.5. The average Bonchev–Trinajstić information content (AvgIpc) is 3.30. The number of halogens is 2. The lowest BCUT2D eigenvalue weighted by atomic mass is 9.63. The molecule has 23 heavy (non-hydrogen) atoms. The van der Waals surface area contributed by atoms with Crippen LogP contribution >= 0.6 is 23.2 Å². The zero-order valence-corrected chi connectivity index (χ0v) is 13.8. The van der Waals surface area contributed by atoms with Gasteiger partial charge < -0.3 is 0 Å². The number of hydrogen-bond donors (Lipinski definition) is 0. The summed E-state index contributed by atoms with van der Waals surface area (Å²) in [5.41, 5.74) is 0.766. The molecule has 5 heteroatoms. The fraction of sp³-hybridized carbons (Fsp3) is 0.444. The first kappa shape index (κ1) is 14.1. The predicted octanol–water partition coefficient (Wildman–Crippen LogP) is 3.55. The lowest BCUT2D eigenvalue weighted by Gasteiger charge is -2.37. The third-order valence-corrected chi connectivity index (χ3v) is 6.68. The van der Waals surface area contributed by atoms with Gasteiger partial charge >= 0.3 is 0 Å². The third kappa shape index (κ3) is 1.84. The second-order valence-corrected chi connectivity index (χ2v) is 8.00. The van der Waals surface area contributed by atoms with Crippen molar-refractivity contribution in [3.05, 3.63) is 46.0 Å². The van der Waals surface area contributed by atoms with Gasteiger partial charge in [0.25, 0.3) is 0 Å². The SMILES string of the molecule is O=C1[C@@H]2[C@H]3C=C[C@@H]([C@@H]4C[C@H]34)[C@H]2C(=O)N1Cc1ccc(Cl)cc1Cl. The zero-order valence-electron chi connectivity index (χ0n) is 12.3. The number of rotatable bonds is 2. The second-order valence-electron chi connectivity index (χ2n) is 7.15. The number of nitrogens with zero attached hydrogens (tertiary/aromatic N) is 1. The van der Waals surface area contributed by atoms with Gasteiger partial charge in [0.05, 0.1) is 18.4 Å². The number of carbonyl (C=O) groups is 2. The molecule has 0 radical (unpaired) electrons. The molecule has 0 aromatic heterocycles. The van der Waals surface area contributed by atoms with Crippen molar-refractivity contribution in [2.75, 3.05) is 0 Å². The van der Waals surface area contributed by atoms with E-state index < -0.39 is 0 Å². The molecule has 1 aromatic rings. The highest BCUT2D eigenvalue weighted by Crippen LogP contribution is 2.65. The van der Waals surface area contributed by atoms with Crippen LogP contribution in [0.4, 0.5) is 0 Å². The van der Waals surface area contributed by atoms with Gasteiger partial charge in [-0.25, -0.2) is 0 Å². The maximum atomic E-state index is 12.9. The van der Waals surface area contributed by atoms with Crippen LogP contribution in [0.1, 0.15) is 12.0 Å². The van der Waals surface area contributed by atoms with Gasteiger partial charge in [-0.1, -0.05) is 41.4 Å². The number of hydrogen-bond acceptors (Lipinski definition) is 2. The normalized spacial score (nSPS) is 39.7. The van der Waals surface area contributed by atoms with Crippen molar-refractivity contribution < 1.29 is 9.59 Å². The molecular weight excluding hydrogens is 333 g/mol. The van der Waals surface area contributed by atoms with E-state index in [0.29, 0.717) is 21.9 Å². The van der Waals surface area contributed by atoms with Gasteiger partial charge in [0.1, 0.15) is 0 Å². The van der Waals surface area contributed by atoms with Crippen LogP contribution < -0.4 is 0 Å². The maximum Gasteiger partial charge on any atom is 0.234 e. The minimum atomic E-state index is -0.146. The quantitative estimate of drug-likeness (QED) is 0.606. The molecular formula is C18H15Cl2NO2. The minimum Gasteiger partial charge on any atom is -0.278 e. The van der Waals surface area contributed by atoms with Gasteiger partial charge in [-0.2, -0.15) is 0 Å². The van der Waals surface area contributed by atoms with Crippen LogP contribution in [0.3, 0.4) is 0 Å². The number of imide groups is 1. The van der Waals surface area contributed by atoms with Crippen LogP contribution in [0.2, 0.25) is 10.0 Å². The van der Waals surface area contributed by atoms with Crippen molar-refractivity contribution >= 4 is 35.0 Å². The molecule has 0 spiro atoms. The van der Waals surface area contributed by atoms with Crippen molar-refractivity contribution in [1.82, 2.24) is 4.90 Å². The van der Waals surface area contributed by atoms with E-state index in [0.717, 1.165) is 5.56 Å². The van der Waals surface area contributed by atoms with E-state index in [1.807, 2.05) is 0 Å². The molecule has 6 rings (SSSR count). The second kappa shape index (κ2) is 4.61. The number of carbonyl (C=O) groups excluding carboxylic acids is 2. The van der Waals surface area contributed by atoms with Crippen LogP contribution in [0, 0.1) is 35.5 Å². The zero-order chi connectivity index (χ0) is 15.9. The summed E-state index contributed by atoms with van der Waals surface area (Å²) in [4.78, 5) is 27.2. The Morgan fingerprint density at radius 1 is 1.00 bits per heavy atom. The minimum absolute atomic E-state index is 0.0179. The summed E-state index contributed by atoms with van der Waals surface area (Å²) in [6, 6.07) is 5.18. The molecule has 3 nitrogen and oxygen atoms in total. The number of likely N-dealkylation sites (tertiary alicyclic amines) is 1. The molecule has 1 aromatic carbocycles. The van der Waals surface area contributed by atoms with E-state index in [4.69, 9.17) is 23.2 Å². The molecule has 1 aliphatic heterocycles. The van der Waals surface area contributed by atoms with Gasteiger partial charge in [-0.05, 0) is 47.8 Å². The number of amides is 2.